The van der Waals surface area contributed by atoms with Gasteiger partial charge < -0.3 is 30.6 Å². The Morgan fingerprint density at radius 2 is 1.50 bits per heavy atom. The molecule has 0 spiro atoms. The molecule has 46 heavy (non-hydrogen) atoms. The quantitative estimate of drug-likeness (QED) is 0.154. The zero-order valence-electron chi connectivity index (χ0n) is 26.1. The maximum atomic E-state index is 13.3. The van der Waals surface area contributed by atoms with E-state index in [-0.39, 0.29) is 32.0 Å². The highest BCUT2D eigenvalue weighted by Gasteiger charge is 2.27. The van der Waals surface area contributed by atoms with Crippen LogP contribution in [0.15, 0.2) is 84.9 Å². The highest BCUT2D eigenvalue weighted by Crippen LogP contribution is 2.45. The van der Waals surface area contributed by atoms with E-state index in [2.05, 4.69) is 34.9 Å². The number of methoxy groups -OCH3 is 1. The molecule has 4 aromatic carbocycles. The molecule has 4 N–H and O–H groups in total. The van der Waals surface area contributed by atoms with Crippen molar-refractivity contribution in [3.63, 3.8) is 0 Å². The summed E-state index contributed by atoms with van der Waals surface area (Å²) in [6.45, 7) is 0.997. The fourth-order valence-corrected chi connectivity index (χ4v) is 5.77. The summed E-state index contributed by atoms with van der Waals surface area (Å²) >= 11 is 0. The van der Waals surface area contributed by atoms with Crippen LogP contribution in [0.2, 0.25) is 0 Å². The summed E-state index contributed by atoms with van der Waals surface area (Å²) in [5, 5.41) is 9.79. The number of hydrogen-bond acceptors (Lipinski definition) is 7. The van der Waals surface area contributed by atoms with Crippen LogP contribution in [0.25, 0.3) is 32.7 Å². The number of esters is 1. The van der Waals surface area contributed by atoms with Gasteiger partial charge in [0.15, 0.2) is 0 Å². The molecule has 0 radical (unpaired) electrons. The molecule has 0 fully saturated rings. The molecule has 2 amide bonds. The van der Waals surface area contributed by atoms with Gasteiger partial charge in [0, 0.05) is 17.5 Å². The van der Waals surface area contributed by atoms with E-state index in [1.807, 2.05) is 54.6 Å². The van der Waals surface area contributed by atoms with E-state index in [0.717, 1.165) is 32.7 Å². The van der Waals surface area contributed by atoms with Crippen molar-refractivity contribution in [1.82, 2.24) is 10.6 Å². The van der Waals surface area contributed by atoms with Gasteiger partial charge in [-0.1, -0.05) is 72.8 Å². The van der Waals surface area contributed by atoms with Crippen molar-refractivity contribution in [3.05, 3.63) is 84.9 Å². The van der Waals surface area contributed by atoms with Gasteiger partial charge in [-0.2, -0.15) is 0 Å². The second-order valence-corrected chi connectivity index (χ2v) is 11.3. The van der Waals surface area contributed by atoms with Gasteiger partial charge >= 0.3 is 5.97 Å². The monoisotopic (exact) mass is 623 g/mol. The van der Waals surface area contributed by atoms with Crippen LogP contribution in [0.3, 0.4) is 0 Å². The zero-order valence-corrected chi connectivity index (χ0v) is 26.1. The second-order valence-electron chi connectivity index (χ2n) is 11.3. The van der Waals surface area contributed by atoms with Crippen molar-refractivity contribution in [1.29, 1.82) is 0 Å². The largest absolute Gasteiger partial charge is 0.493 e. The molecule has 1 heterocycles. The second kappa shape index (κ2) is 15.9. The van der Waals surface area contributed by atoms with Crippen molar-refractivity contribution in [2.45, 2.75) is 50.6 Å². The zero-order chi connectivity index (χ0) is 32.3. The van der Waals surface area contributed by atoms with Crippen LogP contribution >= 0.6 is 0 Å². The average molecular weight is 624 g/mol. The standard InChI is InChI=1S/C37H41N3O6/c1-44-37(43)30-16-7-9-23-45-31-20-18-25-11-2-4-13-27(25)34(31)35-28-14-5-3-12-26(28)19-21-32(35)46-24-10-17-33(41)39-29(36(42)40-30)15-6-8-22-38/h2-5,7,9,11-14,18-21,29-30H,6,8,10,15-17,22-24,38H2,1H3,(H,39,41)(H,40,42)/b9-7+/t29-,30+/m1/s1. The van der Waals surface area contributed by atoms with Crippen molar-refractivity contribution in [2.75, 3.05) is 26.9 Å². The molecule has 4 aromatic rings. The maximum absolute atomic E-state index is 13.3. The Balaban J connectivity index is 1.54. The molecule has 0 aromatic heterocycles. The minimum absolute atomic E-state index is 0.162. The van der Waals surface area contributed by atoms with Crippen LogP contribution in [-0.2, 0) is 19.1 Å². The third-order valence-electron chi connectivity index (χ3n) is 8.11. The molecule has 0 aliphatic carbocycles. The number of hydrogen-bond donors (Lipinski definition) is 3. The number of rotatable bonds is 5. The number of ether oxygens (including phenoxy) is 3. The summed E-state index contributed by atoms with van der Waals surface area (Å²) in [7, 11) is 1.28. The Kier molecular flexibility index (Phi) is 11.2. The lowest BCUT2D eigenvalue weighted by Gasteiger charge is -2.22. The predicted octanol–water partition coefficient (Wildman–Crippen LogP) is 5.43. The highest BCUT2D eigenvalue weighted by atomic mass is 16.5. The van der Waals surface area contributed by atoms with Gasteiger partial charge in [-0.25, -0.2) is 4.79 Å². The summed E-state index contributed by atoms with van der Waals surface area (Å²) in [6.07, 6.45) is 6.15. The lowest BCUT2D eigenvalue weighted by molar-refractivity contribution is -0.145. The van der Waals surface area contributed by atoms with Gasteiger partial charge in [0.05, 0.1) is 13.7 Å². The predicted molar refractivity (Wildman–Crippen MR) is 180 cm³/mol. The molecule has 0 bridgehead atoms. The Bertz CT molecular complexity index is 1720. The summed E-state index contributed by atoms with van der Waals surface area (Å²) in [4.78, 5) is 38.9. The first-order valence-electron chi connectivity index (χ1n) is 15.8. The first-order valence-corrected chi connectivity index (χ1v) is 15.8. The SMILES string of the molecule is COC(=O)[C@@H]1C/C=C/COc2ccc3ccccc3c2-c2c(ccc3ccccc23)OCCCC(=O)N[C@H](CCCCN)C(=O)N1. The Morgan fingerprint density at radius 1 is 0.848 bits per heavy atom. The molecule has 240 valence electrons. The van der Waals surface area contributed by atoms with Crippen LogP contribution in [-0.4, -0.2) is 56.7 Å². The van der Waals surface area contributed by atoms with E-state index in [9.17, 15) is 14.4 Å². The van der Waals surface area contributed by atoms with E-state index >= 15 is 0 Å². The van der Waals surface area contributed by atoms with Gasteiger partial charge in [0.25, 0.3) is 0 Å². The molecular formula is C37H41N3O6. The summed E-state index contributed by atoms with van der Waals surface area (Å²) in [5.74, 6) is 0.0802. The van der Waals surface area contributed by atoms with Crippen molar-refractivity contribution < 1.29 is 28.6 Å². The van der Waals surface area contributed by atoms with E-state index in [0.29, 0.717) is 43.7 Å². The van der Waals surface area contributed by atoms with Crippen molar-refractivity contribution >= 4 is 39.3 Å². The van der Waals surface area contributed by atoms with Gasteiger partial charge in [-0.05, 0) is 72.3 Å². The minimum atomic E-state index is -0.924. The fourth-order valence-electron chi connectivity index (χ4n) is 5.77. The van der Waals surface area contributed by atoms with Crippen LogP contribution in [0, 0.1) is 0 Å². The number of nitrogens with two attached hydrogens (primary N) is 1. The lowest BCUT2D eigenvalue weighted by Crippen LogP contribution is -2.51. The lowest BCUT2D eigenvalue weighted by atomic mass is 9.92. The minimum Gasteiger partial charge on any atom is -0.493 e. The van der Waals surface area contributed by atoms with Gasteiger partial charge in [0.1, 0.15) is 30.2 Å². The number of carbonyl (C=O) groups excluding carboxylic acids is 3. The number of fused-ring (bicyclic) bond motifs is 7. The molecule has 9 heteroatoms. The summed E-state index contributed by atoms with van der Waals surface area (Å²) in [6, 6.07) is 22.6. The molecule has 1 aliphatic rings. The average Bonchev–Trinajstić information content (AvgIpc) is 3.08. The van der Waals surface area contributed by atoms with E-state index in [1.165, 1.54) is 7.11 Å². The smallest absolute Gasteiger partial charge is 0.328 e. The number of benzene rings is 4. The van der Waals surface area contributed by atoms with E-state index < -0.39 is 24.0 Å². The van der Waals surface area contributed by atoms with Crippen LogP contribution in [0.1, 0.15) is 38.5 Å². The van der Waals surface area contributed by atoms with Gasteiger partial charge in [-0.15, -0.1) is 0 Å². The Hall–Kier alpha value is -4.89. The van der Waals surface area contributed by atoms with E-state index in [4.69, 9.17) is 19.9 Å². The molecular weight excluding hydrogens is 582 g/mol. The Labute approximate surface area is 269 Å². The molecule has 0 saturated heterocycles. The van der Waals surface area contributed by atoms with Crippen LogP contribution < -0.4 is 25.8 Å². The number of carbonyl (C=O) groups is 3. The first-order chi connectivity index (χ1) is 22.5. The Morgan fingerprint density at radius 3 is 2.15 bits per heavy atom. The molecule has 0 unspecified atom stereocenters. The number of amides is 2. The summed E-state index contributed by atoms with van der Waals surface area (Å²) < 4.78 is 17.7. The first kappa shape index (κ1) is 32.5. The molecule has 0 saturated carbocycles. The van der Waals surface area contributed by atoms with Gasteiger partial charge in [-0.3, -0.25) is 9.59 Å². The van der Waals surface area contributed by atoms with Crippen LogP contribution in [0.5, 0.6) is 11.5 Å². The third-order valence-corrected chi connectivity index (χ3v) is 8.11. The normalized spacial score (nSPS) is 18.7. The number of unbranched alkanes of at least 4 members (excludes halogenated alkanes) is 1. The summed E-state index contributed by atoms with van der Waals surface area (Å²) in [5.41, 5.74) is 7.48. The van der Waals surface area contributed by atoms with Crippen molar-refractivity contribution in [2.24, 2.45) is 5.73 Å². The van der Waals surface area contributed by atoms with E-state index in [1.54, 1.807) is 6.08 Å². The third kappa shape index (κ3) is 7.84. The molecule has 5 rings (SSSR count). The maximum Gasteiger partial charge on any atom is 0.328 e. The molecule has 9 nitrogen and oxygen atoms in total. The van der Waals surface area contributed by atoms with Gasteiger partial charge in [0.2, 0.25) is 11.8 Å². The highest BCUT2D eigenvalue weighted by molar-refractivity contribution is 6.09. The fraction of sp³-hybridized carbons (Fsp3) is 0.324. The number of nitrogens with one attached hydrogen (secondary N) is 2. The van der Waals surface area contributed by atoms with Crippen molar-refractivity contribution in [3.8, 4) is 22.6 Å². The topological polar surface area (TPSA) is 129 Å². The van der Waals surface area contributed by atoms with Crippen LogP contribution in [0.4, 0.5) is 0 Å². The molecule has 2 atom stereocenters. The molecule has 1 aliphatic heterocycles.